The number of rotatable bonds is 4. The minimum Gasteiger partial charge on any atom is -0.431 e. The molecule has 1 saturated carbocycles. The second kappa shape index (κ2) is 7.14. The smallest absolute Gasteiger partial charge is 0.257 e. The zero-order valence-corrected chi connectivity index (χ0v) is 15.0. The van der Waals surface area contributed by atoms with Gasteiger partial charge in [0.25, 0.3) is 5.22 Å². The number of hydrogen-bond acceptors (Lipinski definition) is 4. The van der Waals surface area contributed by atoms with E-state index in [0.717, 1.165) is 24.3 Å². The van der Waals surface area contributed by atoms with Gasteiger partial charge in [0.05, 0.1) is 5.75 Å². The third-order valence-electron chi connectivity index (χ3n) is 4.58. The summed E-state index contributed by atoms with van der Waals surface area (Å²) in [6.07, 6.45) is 4.63. The van der Waals surface area contributed by atoms with Crippen molar-refractivity contribution in [1.82, 2.24) is 9.88 Å². The fraction of sp³-hybridized carbons (Fsp3) is 0.529. The molecule has 124 valence electrons. The van der Waals surface area contributed by atoms with Gasteiger partial charge in [0.2, 0.25) is 5.91 Å². The minimum absolute atomic E-state index is 0.134. The molecule has 0 spiro atoms. The molecule has 0 aliphatic heterocycles. The van der Waals surface area contributed by atoms with E-state index in [4.69, 9.17) is 16.0 Å². The van der Waals surface area contributed by atoms with Crippen molar-refractivity contribution in [3.8, 4) is 0 Å². The molecule has 1 aliphatic carbocycles. The van der Waals surface area contributed by atoms with Crippen molar-refractivity contribution in [2.24, 2.45) is 5.92 Å². The molecule has 0 unspecified atom stereocenters. The number of nitrogens with zero attached hydrogens (tertiary/aromatic N) is 2. The van der Waals surface area contributed by atoms with E-state index in [-0.39, 0.29) is 5.91 Å². The molecule has 0 radical (unpaired) electrons. The normalized spacial score (nSPS) is 21.5. The Morgan fingerprint density at radius 1 is 1.39 bits per heavy atom. The summed E-state index contributed by atoms with van der Waals surface area (Å²) in [6.45, 7) is 2.29. The maximum Gasteiger partial charge on any atom is 0.257 e. The number of thioether (sulfide) groups is 1. The lowest BCUT2D eigenvalue weighted by Crippen LogP contribution is -2.40. The lowest BCUT2D eigenvalue weighted by Gasteiger charge is -2.33. The lowest BCUT2D eigenvalue weighted by atomic mass is 9.87. The lowest BCUT2D eigenvalue weighted by molar-refractivity contribution is -0.129. The molecule has 1 aromatic heterocycles. The van der Waals surface area contributed by atoms with Gasteiger partial charge >= 0.3 is 0 Å². The molecular formula is C17H21ClN2O2S. The Kier molecular flexibility index (Phi) is 5.17. The van der Waals surface area contributed by atoms with E-state index in [1.165, 1.54) is 24.6 Å². The summed E-state index contributed by atoms with van der Waals surface area (Å²) in [5.41, 5.74) is 1.42. The molecule has 0 saturated heterocycles. The Labute approximate surface area is 145 Å². The van der Waals surface area contributed by atoms with E-state index >= 15 is 0 Å². The van der Waals surface area contributed by atoms with Crippen LogP contribution in [-0.4, -0.2) is 34.6 Å². The average molecular weight is 353 g/mol. The molecule has 1 heterocycles. The van der Waals surface area contributed by atoms with Gasteiger partial charge in [-0.2, -0.15) is 0 Å². The standard InChI is InChI=1S/C17H21ClN2O2S/c1-11-3-6-13(7-4-11)20(2)16(21)10-23-17-19-14-8-5-12(18)9-15(14)22-17/h5,8-9,11,13H,3-4,6-7,10H2,1-2H3. The van der Waals surface area contributed by atoms with E-state index in [1.807, 2.05) is 18.0 Å². The zero-order valence-electron chi connectivity index (χ0n) is 13.4. The molecule has 6 heteroatoms. The molecule has 23 heavy (non-hydrogen) atoms. The Morgan fingerprint density at radius 3 is 2.87 bits per heavy atom. The van der Waals surface area contributed by atoms with Crippen molar-refractivity contribution in [2.45, 2.75) is 43.9 Å². The van der Waals surface area contributed by atoms with Gasteiger partial charge in [-0.1, -0.05) is 30.3 Å². The highest BCUT2D eigenvalue weighted by atomic mass is 35.5. The van der Waals surface area contributed by atoms with Gasteiger partial charge < -0.3 is 9.32 Å². The van der Waals surface area contributed by atoms with E-state index in [1.54, 1.807) is 12.1 Å². The van der Waals surface area contributed by atoms with Crippen LogP contribution >= 0.6 is 23.4 Å². The molecule has 0 N–H and O–H groups in total. The molecule has 1 fully saturated rings. The van der Waals surface area contributed by atoms with Crippen LogP contribution in [0.2, 0.25) is 5.02 Å². The first-order valence-electron chi connectivity index (χ1n) is 7.97. The van der Waals surface area contributed by atoms with Crippen molar-refractivity contribution in [3.05, 3.63) is 23.2 Å². The number of amides is 1. The highest BCUT2D eigenvalue weighted by Crippen LogP contribution is 2.28. The van der Waals surface area contributed by atoms with Gasteiger partial charge in [0.1, 0.15) is 5.52 Å². The van der Waals surface area contributed by atoms with Gasteiger partial charge in [-0.25, -0.2) is 4.98 Å². The maximum atomic E-state index is 12.4. The van der Waals surface area contributed by atoms with Crippen molar-refractivity contribution >= 4 is 40.4 Å². The maximum absolute atomic E-state index is 12.4. The van der Waals surface area contributed by atoms with Crippen LogP contribution in [-0.2, 0) is 4.79 Å². The highest BCUT2D eigenvalue weighted by molar-refractivity contribution is 7.99. The largest absolute Gasteiger partial charge is 0.431 e. The Bertz CT molecular complexity index is 695. The van der Waals surface area contributed by atoms with Gasteiger partial charge in [-0.3, -0.25) is 4.79 Å². The van der Waals surface area contributed by atoms with E-state index in [0.29, 0.717) is 27.6 Å². The van der Waals surface area contributed by atoms with Crippen molar-refractivity contribution in [3.63, 3.8) is 0 Å². The third-order valence-corrected chi connectivity index (χ3v) is 5.62. The number of carbonyl (C=O) groups excluding carboxylic acids is 1. The molecule has 2 aromatic rings. The first-order valence-corrected chi connectivity index (χ1v) is 9.34. The quantitative estimate of drug-likeness (QED) is 0.754. The number of hydrogen-bond donors (Lipinski definition) is 0. The fourth-order valence-corrected chi connectivity index (χ4v) is 3.92. The summed E-state index contributed by atoms with van der Waals surface area (Å²) < 4.78 is 5.64. The van der Waals surface area contributed by atoms with Crippen molar-refractivity contribution in [1.29, 1.82) is 0 Å². The van der Waals surface area contributed by atoms with Gasteiger partial charge in [-0.15, -0.1) is 0 Å². The first kappa shape index (κ1) is 16.7. The average Bonchev–Trinajstić information content (AvgIpc) is 2.94. The van der Waals surface area contributed by atoms with Crippen LogP contribution in [0.3, 0.4) is 0 Å². The minimum atomic E-state index is 0.134. The second-order valence-electron chi connectivity index (χ2n) is 6.30. The van der Waals surface area contributed by atoms with E-state index < -0.39 is 0 Å². The van der Waals surface area contributed by atoms with Crippen LogP contribution in [0.5, 0.6) is 0 Å². The summed E-state index contributed by atoms with van der Waals surface area (Å²) in [5.74, 6) is 1.27. The van der Waals surface area contributed by atoms with Crippen LogP contribution in [0, 0.1) is 5.92 Å². The van der Waals surface area contributed by atoms with Gasteiger partial charge in [0.15, 0.2) is 5.58 Å². The molecule has 1 aliphatic rings. The fourth-order valence-electron chi connectivity index (χ4n) is 3.00. The Balaban J connectivity index is 1.57. The number of halogens is 1. The Hall–Kier alpha value is -1.20. The van der Waals surface area contributed by atoms with E-state index in [2.05, 4.69) is 11.9 Å². The Morgan fingerprint density at radius 2 is 2.13 bits per heavy atom. The van der Waals surface area contributed by atoms with Crippen molar-refractivity contribution in [2.75, 3.05) is 12.8 Å². The molecule has 4 nitrogen and oxygen atoms in total. The third kappa shape index (κ3) is 4.01. The summed E-state index contributed by atoms with van der Waals surface area (Å²) in [5, 5.41) is 1.13. The first-order chi connectivity index (χ1) is 11.0. The van der Waals surface area contributed by atoms with Crippen LogP contribution in [0.1, 0.15) is 32.6 Å². The highest BCUT2D eigenvalue weighted by Gasteiger charge is 2.25. The molecule has 0 bridgehead atoms. The van der Waals surface area contributed by atoms with E-state index in [9.17, 15) is 4.79 Å². The van der Waals surface area contributed by atoms with Gasteiger partial charge in [-0.05, 0) is 43.7 Å². The molecule has 0 atom stereocenters. The predicted molar refractivity (Wildman–Crippen MR) is 93.9 cm³/mol. The molecule has 1 aromatic carbocycles. The summed E-state index contributed by atoms with van der Waals surface area (Å²) >= 11 is 7.28. The molecule has 3 rings (SSSR count). The number of aromatic nitrogens is 1. The monoisotopic (exact) mass is 352 g/mol. The predicted octanol–water partition coefficient (Wildman–Crippen LogP) is 4.61. The molecule has 1 amide bonds. The van der Waals surface area contributed by atoms with Gasteiger partial charge in [0, 0.05) is 24.2 Å². The number of carbonyl (C=O) groups is 1. The topological polar surface area (TPSA) is 46.3 Å². The molecular weight excluding hydrogens is 332 g/mol. The van der Waals surface area contributed by atoms with Crippen LogP contribution in [0.15, 0.2) is 27.8 Å². The SMILES string of the molecule is CC1CCC(N(C)C(=O)CSc2nc3ccc(Cl)cc3o2)CC1. The van der Waals surface area contributed by atoms with Crippen LogP contribution in [0.4, 0.5) is 0 Å². The number of benzene rings is 1. The summed E-state index contributed by atoms with van der Waals surface area (Å²) in [4.78, 5) is 18.7. The van der Waals surface area contributed by atoms with Crippen LogP contribution in [0.25, 0.3) is 11.1 Å². The number of fused-ring (bicyclic) bond motifs is 1. The van der Waals surface area contributed by atoms with Crippen molar-refractivity contribution < 1.29 is 9.21 Å². The summed E-state index contributed by atoms with van der Waals surface area (Å²) in [6, 6.07) is 5.72. The zero-order chi connectivity index (χ0) is 16.4. The summed E-state index contributed by atoms with van der Waals surface area (Å²) in [7, 11) is 1.91. The number of oxazole rings is 1. The van der Waals surface area contributed by atoms with Crippen LogP contribution < -0.4 is 0 Å². The second-order valence-corrected chi connectivity index (χ2v) is 7.66.